The van der Waals surface area contributed by atoms with Crippen LogP contribution < -0.4 is 14.8 Å². The molecule has 1 aliphatic rings. The fourth-order valence-electron chi connectivity index (χ4n) is 2.72. The highest BCUT2D eigenvalue weighted by Crippen LogP contribution is 2.22. The Labute approximate surface area is 166 Å². The Kier molecular flexibility index (Phi) is 7.52. The summed E-state index contributed by atoms with van der Waals surface area (Å²) in [4.78, 5) is 26.5. The lowest BCUT2D eigenvalue weighted by molar-refractivity contribution is -0.153. The molecule has 13 heteroatoms. The second kappa shape index (κ2) is 9.48. The van der Waals surface area contributed by atoms with E-state index in [-0.39, 0.29) is 24.0 Å². The lowest BCUT2D eigenvalue weighted by Crippen LogP contribution is -2.30. The number of halogens is 3. The number of carbonyl (C=O) groups excluding carboxylic acids is 2. The Hall–Kier alpha value is -2.28. The van der Waals surface area contributed by atoms with E-state index in [9.17, 15) is 31.2 Å². The van der Waals surface area contributed by atoms with Crippen LogP contribution in [0.25, 0.3) is 0 Å². The van der Waals surface area contributed by atoms with Gasteiger partial charge in [-0.1, -0.05) is 6.42 Å². The second-order valence-electron chi connectivity index (χ2n) is 6.69. The second-order valence-corrected chi connectivity index (χ2v) is 8.56. The minimum atomic E-state index is -4.46. The lowest BCUT2D eigenvalue weighted by atomic mass is 10.2. The van der Waals surface area contributed by atoms with Crippen LogP contribution in [0.2, 0.25) is 0 Å². The molecule has 0 saturated carbocycles. The number of alkyl halides is 3. The Morgan fingerprint density at radius 3 is 2.62 bits per heavy atom. The van der Waals surface area contributed by atoms with E-state index in [0.29, 0.717) is 31.5 Å². The fraction of sp³-hybridized carbons (Fsp3) is 0.625. The maximum atomic E-state index is 12.2. The molecule has 1 fully saturated rings. The van der Waals surface area contributed by atoms with Crippen LogP contribution in [0.1, 0.15) is 37.9 Å². The maximum Gasteiger partial charge on any atom is 0.422 e. The molecule has 1 aliphatic heterocycles. The number of rotatable bonds is 11. The predicted molar refractivity (Wildman–Crippen MR) is 96.6 cm³/mol. The summed E-state index contributed by atoms with van der Waals surface area (Å²) in [5.74, 6) is -0.527. The van der Waals surface area contributed by atoms with E-state index in [2.05, 4.69) is 19.8 Å². The summed E-state index contributed by atoms with van der Waals surface area (Å²) >= 11 is 0. The van der Waals surface area contributed by atoms with Gasteiger partial charge in [0.2, 0.25) is 15.9 Å². The van der Waals surface area contributed by atoms with Crippen molar-refractivity contribution in [3.8, 4) is 5.75 Å². The number of hydrogen-bond acceptors (Lipinski definition) is 5. The number of H-pyrrole nitrogens is 1. The molecule has 0 bridgehead atoms. The SMILES string of the molecule is CC(NS(=O)(=O)CCCCCN1CC(=O)NC1=O)c1cc(OCC(F)(F)F)c[nH]1. The number of amides is 3. The van der Waals surface area contributed by atoms with Gasteiger partial charge in [0.25, 0.3) is 0 Å². The van der Waals surface area contributed by atoms with Crippen LogP contribution in [0.4, 0.5) is 18.0 Å². The number of urea groups is 1. The average Bonchev–Trinajstić information content (AvgIpc) is 3.18. The van der Waals surface area contributed by atoms with Gasteiger partial charge < -0.3 is 14.6 Å². The largest absolute Gasteiger partial charge is 0.483 e. The zero-order valence-corrected chi connectivity index (χ0v) is 16.5. The predicted octanol–water partition coefficient (Wildman–Crippen LogP) is 1.66. The van der Waals surface area contributed by atoms with Crippen molar-refractivity contribution in [3.05, 3.63) is 18.0 Å². The minimum Gasteiger partial charge on any atom is -0.483 e. The summed E-state index contributed by atoms with van der Waals surface area (Å²) in [6, 6.07) is 0.187. The molecule has 2 rings (SSSR count). The first-order valence-electron chi connectivity index (χ1n) is 8.92. The van der Waals surface area contributed by atoms with E-state index in [1.807, 2.05) is 0 Å². The number of unbranched alkanes of at least 4 members (excludes halogenated alkanes) is 2. The van der Waals surface area contributed by atoms with Gasteiger partial charge in [0.05, 0.1) is 11.8 Å². The number of aromatic nitrogens is 1. The molecular formula is C16H23F3N4O5S. The summed E-state index contributed by atoms with van der Waals surface area (Å²) in [5.41, 5.74) is 0.371. The van der Waals surface area contributed by atoms with Gasteiger partial charge in [0.15, 0.2) is 6.61 Å². The summed E-state index contributed by atoms with van der Waals surface area (Å²) < 4.78 is 67.9. The van der Waals surface area contributed by atoms with Crippen molar-refractivity contribution in [3.63, 3.8) is 0 Å². The molecule has 0 aliphatic carbocycles. The topological polar surface area (TPSA) is 121 Å². The highest BCUT2D eigenvalue weighted by Gasteiger charge is 2.29. The molecule has 2 heterocycles. The fourth-order valence-corrected chi connectivity index (χ4v) is 4.08. The van der Waals surface area contributed by atoms with E-state index in [0.717, 1.165) is 0 Å². The third kappa shape index (κ3) is 7.93. The van der Waals surface area contributed by atoms with E-state index in [4.69, 9.17) is 0 Å². The molecule has 9 nitrogen and oxygen atoms in total. The van der Waals surface area contributed by atoms with Crippen molar-refractivity contribution in [1.82, 2.24) is 19.9 Å². The number of aromatic amines is 1. The van der Waals surface area contributed by atoms with Crippen LogP contribution >= 0.6 is 0 Å². The van der Waals surface area contributed by atoms with E-state index in [1.165, 1.54) is 17.2 Å². The van der Waals surface area contributed by atoms with Gasteiger partial charge in [-0.3, -0.25) is 10.1 Å². The molecular weight excluding hydrogens is 417 g/mol. The van der Waals surface area contributed by atoms with Crippen molar-refractivity contribution < 1.29 is 35.9 Å². The first-order chi connectivity index (χ1) is 13.5. The van der Waals surface area contributed by atoms with Gasteiger partial charge in [0.1, 0.15) is 12.3 Å². The minimum absolute atomic E-state index is 0.0149. The molecule has 1 aromatic heterocycles. The van der Waals surface area contributed by atoms with E-state index < -0.39 is 34.9 Å². The van der Waals surface area contributed by atoms with Gasteiger partial charge in [-0.2, -0.15) is 13.2 Å². The molecule has 164 valence electrons. The Morgan fingerprint density at radius 2 is 2.00 bits per heavy atom. The van der Waals surface area contributed by atoms with Crippen molar-refractivity contribution in [2.45, 2.75) is 38.4 Å². The molecule has 1 atom stereocenters. The highest BCUT2D eigenvalue weighted by molar-refractivity contribution is 7.89. The Balaban J connectivity index is 1.71. The normalized spacial score (nSPS) is 16.2. The van der Waals surface area contributed by atoms with E-state index >= 15 is 0 Å². The maximum absolute atomic E-state index is 12.2. The standard InChI is InChI=1S/C16H23F3N4O5S/c1-11(13-7-12(8-20-13)28-10-16(17,18)19)22-29(26,27)6-4-2-3-5-23-9-14(24)21-15(23)25/h7-8,11,20,22H,2-6,9-10H2,1H3,(H,21,24,25). The van der Waals surface area contributed by atoms with Crippen LogP contribution in [0.5, 0.6) is 5.75 Å². The molecule has 3 amide bonds. The molecule has 0 aromatic carbocycles. The van der Waals surface area contributed by atoms with Gasteiger partial charge in [-0.15, -0.1) is 0 Å². The summed E-state index contributed by atoms with van der Waals surface area (Å²) in [6.07, 6.45) is -1.77. The van der Waals surface area contributed by atoms with Crippen molar-refractivity contribution in [2.75, 3.05) is 25.4 Å². The molecule has 1 unspecified atom stereocenters. The lowest BCUT2D eigenvalue weighted by Gasteiger charge is -2.14. The first kappa shape index (κ1) is 23.0. The van der Waals surface area contributed by atoms with Crippen LogP contribution in [0.15, 0.2) is 12.3 Å². The monoisotopic (exact) mass is 440 g/mol. The van der Waals surface area contributed by atoms with Crippen LogP contribution in [-0.4, -0.2) is 61.9 Å². The number of carbonyl (C=O) groups is 2. The van der Waals surface area contributed by atoms with Crippen molar-refractivity contribution >= 4 is 22.0 Å². The first-order valence-corrected chi connectivity index (χ1v) is 10.6. The quantitative estimate of drug-likeness (QED) is 0.357. The summed E-state index contributed by atoms with van der Waals surface area (Å²) in [5, 5.41) is 2.16. The molecule has 1 saturated heterocycles. The molecule has 3 N–H and O–H groups in total. The third-order valence-electron chi connectivity index (χ3n) is 4.11. The van der Waals surface area contributed by atoms with Crippen LogP contribution in [0, 0.1) is 0 Å². The molecule has 1 aromatic rings. The molecule has 29 heavy (non-hydrogen) atoms. The molecule has 0 spiro atoms. The molecule has 0 radical (unpaired) electrons. The third-order valence-corrected chi connectivity index (χ3v) is 5.65. The number of hydrogen-bond donors (Lipinski definition) is 3. The number of nitrogens with one attached hydrogen (secondary N) is 3. The Morgan fingerprint density at radius 1 is 1.28 bits per heavy atom. The summed E-state index contributed by atoms with van der Waals surface area (Å²) in [7, 11) is -3.61. The van der Waals surface area contributed by atoms with Gasteiger partial charge in [-0.05, 0) is 19.8 Å². The van der Waals surface area contributed by atoms with Crippen molar-refractivity contribution in [1.29, 1.82) is 0 Å². The smallest absolute Gasteiger partial charge is 0.422 e. The average molecular weight is 440 g/mol. The zero-order valence-electron chi connectivity index (χ0n) is 15.7. The number of imide groups is 1. The number of sulfonamides is 1. The van der Waals surface area contributed by atoms with Gasteiger partial charge in [-0.25, -0.2) is 17.9 Å². The number of ether oxygens (including phenoxy) is 1. The van der Waals surface area contributed by atoms with Crippen LogP contribution in [-0.2, 0) is 14.8 Å². The highest BCUT2D eigenvalue weighted by atomic mass is 32.2. The van der Waals surface area contributed by atoms with Crippen LogP contribution in [0.3, 0.4) is 0 Å². The van der Waals surface area contributed by atoms with E-state index in [1.54, 1.807) is 6.92 Å². The van der Waals surface area contributed by atoms with Gasteiger partial charge in [0, 0.05) is 24.5 Å². The van der Waals surface area contributed by atoms with Gasteiger partial charge >= 0.3 is 12.2 Å². The Bertz CT molecular complexity index is 825. The van der Waals surface area contributed by atoms with Crippen molar-refractivity contribution in [2.24, 2.45) is 0 Å². The summed E-state index contributed by atoms with van der Waals surface area (Å²) in [6.45, 7) is 0.503. The number of nitrogens with zero attached hydrogens (tertiary/aromatic N) is 1. The zero-order chi connectivity index (χ0) is 21.7.